The molecule has 19 heavy (non-hydrogen) atoms. The fraction of sp³-hybridized carbons (Fsp3) is 0.692. The van der Waals surface area contributed by atoms with Crippen LogP contribution in [0.4, 0.5) is 0 Å². The minimum absolute atomic E-state index is 0.0135. The first-order valence-electron chi connectivity index (χ1n) is 6.87. The van der Waals surface area contributed by atoms with E-state index in [1.807, 2.05) is 17.8 Å². The van der Waals surface area contributed by atoms with Crippen molar-refractivity contribution in [1.82, 2.24) is 19.6 Å². The predicted molar refractivity (Wildman–Crippen MR) is 73.0 cm³/mol. The lowest BCUT2D eigenvalue weighted by atomic mass is 10.1. The van der Waals surface area contributed by atoms with Gasteiger partial charge in [-0.1, -0.05) is 11.6 Å². The van der Waals surface area contributed by atoms with Crippen molar-refractivity contribution in [3.8, 4) is 0 Å². The third kappa shape index (κ3) is 2.49. The zero-order valence-corrected chi connectivity index (χ0v) is 11.9. The van der Waals surface area contributed by atoms with E-state index in [1.165, 1.54) is 0 Å². The molecule has 2 atom stereocenters. The number of nitrogens with zero attached hydrogens (tertiary/aromatic N) is 4. The topological polar surface area (TPSA) is 41.4 Å². The van der Waals surface area contributed by atoms with E-state index < -0.39 is 0 Å². The summed E-state index contributed by atoms with van der Waals surface area (Å²) in [7, 11) is 0. The quantitative estimate of drug-likeness (QED) is 0.837. The SMILES string of the molecule is C[C@H]1C(=O)N2CCC[C@H]2CN1CCn1cc(Cl)cn1. The summed E-state index contributed by atoms with van der Waals surface area (Å²) in [4.78, 5) is 16.6. The number of piperazine rings is 1. The van der Waals surface area contributed by atoms with E-state index in [0.29, 0.717) is 11.1 Å². The van der Waals surface area contributed by atoms with Gasteiger partial charge in [-0.15, -0.1) is 0 Å². The van der Waals surface area contributed by atoms with Gasteiger partial charge in [-0.2, -0.15) is 5.10 Å². The van der Waals surface area contributed by atoms with Crippen molar-refractivity contribution in [2.75, 3.05) is 19.6 Å². The van der Waals surface area contributed by atoms with E-state index in [1.54, 1.807) is 6.20 Å². The molecule has 0 N–H and O–H groups in total. The van der Waals surface area contributed by atoms with Gasteiger partial charge in [0, 0.05) is 31.9 Å². The molecule has 104 valence electrons. The molecule has 3 heterocycles. The molecule has 2 aliphatic heterocycles. The van der Waals surface area contributed by atoms with Gasteiger partial charge >= 0.3 is 0 Å². The van der Waals surface area contributed by atoms with Crippen molar-refractivity contribution in [1.29, 1.82) is 0 Å². The van der Waals surface area contributed by atoms with Gasteiger partial charge in [-0.25, -0.2) is 0 Å². The van der Waals surface area contributed by atoms with Gasteiger partial charge < -0.3 is 4.90 Å². The van der Waals surface area contributed by atoms with Crippen molar-refractivity contribution in [3.05, 3.63) is 17.4 Å². The molecule has 2 fully saturated rings. The summed E-state index contributed by atoms with van der Waals surface area (Å²) in [6.45, 7) is 5.55. The molecule has 0 spiro atoms. The molecule has 5 nitrogen and oxygen atoms in total. The minimum Gasteiger partial charge on any atom is -0.337 e. The summed E-state index contributed by atoms with van der Waals surface area (Å²) < 4.78 is 1.83. The number of aromatic nitrogens is 2. The Labute approximate surface area is 118 Å². The van der Waals surface area contributed by atoms with Crippen molar-refractivity contribution in [2.45, 2.75) is 38.4 Å². The van der Waals surface area contributed by atoms with E-state index in [4.69, 9.17) is 11.6 Å². The number of rotatable bonds is 3. The van der Waals surface area contributed by atoms with Gasteiger partial charge in [0.05, 0.1) is 23.8 Å². The van der Waals surface area contributed by atoms with Crippen LogP contribution in [0.2, 0.25) is 5.02 Å². The molecule has 2 saturated heterocycles. The smallest absolute Gasteiger partial charge is 0.239 e. The first-order chi connectivity index (χ1) is 9.15. The van der Waals surface area contributed by atoms with Crippen molar-refractivity contribution >= 4 is 17.5 Å². The lowest BCUT2D eigenvalue weighted by Gasteiger charge is -2.41. The van der Waals surface area contributed by atoms with Crippen LogP contribution in [0.5, 0.6) is 0 Å². The van der Waals surface area contributed by atoms with Crippen LogP contribution in [-0.2, 0) is 11.3 Å². The number of hydrogen-bond donors (Lipinski definition) is 0. The Kier molecular flexibility index (Phi) is 3.50. The number of carbonyl (C=O) groups is 1. The average molecular weight is 283 g/mol. The van der Waals surface area contributed by atoms with E-state index >= 15 is 0 Å². The molecule has 0 bridgehead atoms. The van der Waals surface area contributed by atoms with Crippen molar-refractivity contribution in [3.63, 3.8) is 0 Å². The molecule has 3 rings (SSSR count). The molecule has 0 unspecified atom stereocenters. The molecule has 1 amide bonds. The maximum Gasteiger partial charge on any atom is 0.239 e. The van der Waals surface area contributed by atoms with Gasteiger partial charge in [0.1, 0.15) is 0 Å². The Balaban J connectivity index is 1.62. The molecule has 1 aromatic rings. The maximum atomic E-state index is 12.3. The molecule has 1 aromatic heterocycles. The summed E-state index contributed by atoms with van der Waals surface area (Å²) in [6.07, 6.45) is 5.75. The number of amides is 1. The second-order valence-electron chi connectivity index (χ2n) is 5.42. The van der Waals surface area contributed by atoms with Crippen LogP contribution >= 0.6 is 11.6 Å². The lowest BCUT2D eigenvalue weighted by molar-refractivity contribution is -0.142. The highest BCUT2D eigenvalue weighted by Gasteiger charge is 2.39. The molecule has 0 aliphatic carbocycles. The second kappa shape index (κ2) is 5.13. The molecule has 2 aliphatic rings. The van der Waals surface area contributed by atoms with Crippen molar-refractivity contribution in [2.24, 2.45) is 0 Å². The fourth-order valence-electron chi connectivity index (χ4n) is 3.12. The summed E-state index contributed by atoms with van der Waals surface area (Å²) >= 11 is 5.85. The second-order valence-corrected chi connectivity index (χ2v) is 5.86. The van der Waals surface area contributed by atoms with Crippen LogP contribution in [0.3, 0.4) is 0 Å². The number of halogens is 1. The van der Waals surface area contributed by atoms with Crippen molar-refractivity contribution < 1.29 is 4.79 Å². The summed E-state index contributed by atoms with van der Waals surface area (Å²) in [6, 6.07) is 0.408. The largest absolute Gasteiger partial charge is 0.337 e. The summed E-state index contributed by atoms with van der Waals surface area (Å²) in [5.41, 5.74) is 0. The summed E-state index contributed by atoms with van der Waals surface area (Å²) in [5, 5.41) is 4.83. The third-order valence-corrected chi connectivity index (χ3v) is 4.42. The Morgan fingerprint density at radius 1 is 1.47 bits per heavy atom. The Morgan fingerprint density at radius 3 is 3.05 bits per heavy atom. The van der Waals surface area contributed by atoms with Gasteiger partial charge in [-0.05, 0) is 19.8 Å². The Morgan fingerprint density at radius 2 is 2.32 bits per heavy atom. The van der Waals surface area contributed by atoms with Crippen LogP contribution in [0.1, 0.15) is 19.8 Å². The van der Waals surface area contributed by atoms with Crippen LogP contribution in [0.15, 0.2) is 12.4 Å². The average Bonchev–Trinajstić information content (AvgIpc) is 3.01. The molecular weight excluding hydrogens is 264 g/mol. The fourth-order valence-corrected chi connectivity index (χ4v) is 3.27. The normalized spacial score (nSPS) is 27.9. The Hall–Kier alpha value is -1.07. The molecule has 0 aromatic carbocycles. The maximum absolute atomic E-state index is 12.3. The Bertz CT molecular complexity index is 475. The number of hydrogen-bond acceptors (Lipinski definition) is 3. The van der Waals surface area contributed by atoms with Crippen LogP contribution in [-0.4, -0.2) is 57.2 Å². The van der Waals surface area contributed by atoms with E-state index in [9.17, 15) is 4.79 Å². The monoisotopic (exact) mass is 282 g/mol. The first-order valence-corrected chi connectivity index (χ1v) is 7.25. The van der Waals surface area contributed by atoms with E-state index in [-0.39, 0.29) is 11.9 Å². The van der Waals surface area contributed by atoms with Crippen LogP contribution in [0, 0.1) is 0 Å². The molecule has 6 heteroatoms. The first kappa shape index (κ1) is 12.9. The molecule has 0 saturated carbocycles. The zero-order valence-electron chi connectivity index (χ0n) is 11.1. The van der Waals surface area contributed by atoms with Crippen LogP contribution < -0.4 is 0 Å². The van der Waals surface area contributed by atoms with Crippen LogP contribution in [0.25, 0.3) is 0 Å². The predicted octanol–water partition coefficient (Wildman–Crippen LogP) is 1.23. The van der Waals surface area contributed by atoms with Gasteiger partial charge in [0.25, 0.3) is 0 Å². The van der Waals surface area contributed by atoms with E-state index in [0.717, 1.165) is 39.0 Å². The lowest BCUT2D eigenvalue weighted by Crippen LogP contribution is -2.58. The zero-order chi connectivity index (χ0) is 13.4. The number of fused-ring (bicyclic) bond motifs is 1. The minimum atomic E-state index is -0.0135. The third-order valence-electron chi connectivity index (χ3n) is 4.23. The highest BCUT2D eigenvalue weighted by atomic mass is 35.5. The van der Waals surface area contributed by atoms with E-state index in [2.05, 4.69) is 14.9 Å². The standard InChI is InChI=1S/C13H19ClN4O/c1-10-13(19)18-4-2-3-12(18)9-16(10)5-6-17-8-11(14)7-15-17/h7-8,10,12H,2-6,9H2,1H3/t10-,12-/m0/s1. The molecular formula is C13H19ClN4O. The van der Waals surface area contributed by atoms with Gasteiger partial charge in [-0.3, -0.25) is 14.4 Å². The highest BCUT2D eigenvalue weighted by molar-refractivity contribution is 6.30. The van der Waals surface area contributed by atoms with Gasteiger partial charge in [0.2, 0.25) is 5.91 Å². The molecule has 0 radical (unpaired) electrons. The number of carbonyl (C=O) groups excluding carboxylic acids is 1. The highest BCUT2D eigenvalue weighted by Crippen LogP contribution is 2.25. The van der Waals surface area contributed by atoms with Gasteiger partial charge in [0.15, 0.2) is 0 Å². The summed E-state index contributed by atoms with van der Waals surface area (Å²) in [5.74, 6) is 0.284.